The van der Waals surface area contributed by atoms with E-state index in [4.69, 9.17) is 18.9 Å². The lowest BCUT2D eigenvalue weighted by molar-refractivity contribution is -0.474. The smallest absolute Gasteiger partial charge is 0.229 e. The Balaban J connectivity index is 1.46. The summed E-state index contributed by atoms with van der Waals surface area (Å²) >= 11 is 0. The Bertz CT molecular complexity index is 712. The Hall–Kier alpha value is -0.690. The predicted octanol–water partition coefficient (Wildman–Crippen LogP) is 3.96. The van der Waals surface area contributed by atoms with Gasteiger partial charge < -0.3 is 24.2 Å². The topological polar surface area (TPSA) is 69.5 Å². The minimum Gasteiger partial charge on any atom is -0.411 e. The van der Waals surface area contributed by atoms with Gasteiger partial charge >= 0.3 is 0 Å². The SMILES string of the molecule is C[C@]12CCCCC1C/C(=N/O)[C@@H]1[C@@H]2CC[C@@]2(C)[C@H]1CC13OCCOC12OCCO3. The molecule has 6 aliphatic rings. The third-order valence-corrected chi connectivity index (χ3v) is 10.1. The lowest BCUT2D eigenvalue weighted by atomic mass is 9.44. The van der Waals surface area contributed by atoms with Crippen molar-refractivity contribution in [3.63, 3.8) is 0 Å². The first-order chi connectivity index (χ1) is 14.0. The van der Waals surface area contributed by atoms with Crippen molar-refractivity contribution in [2.75, 3.05) is 26.4 Å². The van der Waals surface area contributed by atoms with E-state index in [2.05, 4.69) is 19.0 Å². The fraction of sp³-hybridized carbons (Fsp3) is 0.957. The Morgan fingerprint density at radius 3 is 2.34 bits per heavy atom. The van der Waals surface area contributed by atoms with E-state index in [-0.39, 0.29) is 17.3 Å². The molecular formula is C23H35NO5. The Morgan fingerprint density at radius 1 is 0.897 bits per heavy atom. The standard InChI is InChI=1S/C23H35NO5/c1-20-7-4-3-5-15(20)13-18(24-25)19-16(20)6-8-21(2)17(19)14-22-23(21,28-11-9-26-22)29-12-10-27-22/h15-17,19,25H,3-14H2,1-2H3/b24-18-/t15?,16-,17-,19+,20-,21-,22?,23?/m0/s1. The van der Waals surface area contributed by atoms with E-state index in [0.717, 1.165) is 31.4 Å². The van der Waals surface area contributed by atoms with Crippen molar-refractivity contribution in [3.05, 3.63) is 0 Å². The summed E-state index contributed by atoms with van der Waals surface area (Å²) in [5.74, 6) is 0.0910. The molecule has 6 nitrogen and oxygen atoms in total. The minimum absolute atomic E-state index is 0.206. The van der Waals surface area contributed by atoms with E-state index in [1.54, 1.807) is 0 Å². The van der Waals surface area contributed by atoms with Gasteiger partial charge in [0.2, 0.25) is 11.6 Å². The zero-order valence-electron chi connectivity index (χ0n) is 17.8. The molecule has 1 unspecified atom stereocenters. The molecule has 6 rings (SSSR count). The second kappa shape index (κ2) is 6.18. The Morgan fingerprint density at radius 2 is 1.62 bits per heavy atom. The fourth-order valence-corrected chi connectivity index (χ4v) is 8.80. The van der Waals surface area contributed by atoms with Gasteiger partial charge in [-0.2, -0.15) is 0 Å². The van der Waals surface area contributed by atoms with E-state index in [9.17, 15) is 5.21 Å². The molecular weight excluding hydrogens is 370 g/mol. The molecule has 29 heavy (non-hydrogen) atoms. The summed E-state index contributed by atoms with van der Waals surface area (Å²) in [6.07, 6.45) is 9.10. The molecule has 162 valence electrons. The maximum absolute atomic E-state index is 10.1. The molecule has 0 aromatic rings. The van der Waals surface area contributed by atoms with Crippen LogP contribution in [0, 0.1) is 34.5 Å². The highest BCUT2D eigenvalue weighted by atomic mass is 16.8. The average molecular weight is 406 g/mol. The van der Waals surface area contributed by atoms with Crippen molar-refractivity contribution in [1.29, 1.82) is 0 Å². The summed E-state index contributed by atoms with van der Waals surface area (Å²) in [4.78, 5) is 0. The van der Waals surface area contributed by atoms with Gasteiger partial charge in [0.25, 0.3) is 0 Å². The zero-order chi connectivity index (χ0) is 19.9. The largest absolute Gasteiger partial charge is 0.411 e. The lowest BCUT2D eigenvalue weighted by Crippen LogP contribution is -2.70. The van der Waals surface area contributed by atoms with Crippen LogP contribution in [0.15, 0.2) is 5.16 Å². The van der Waals surface area contributed by atoms with Crippen molar-refractivity contribution in [2.24, 2.45) is 39.7 Å². The number of fused-ring (bicyclic) bond motifs is 5. The summed E-state index contributed by atoms with van der Waals surface area (Å²) in [7, 11) is 0. The number of ether oxygens (including phenoxy) is 4. The predicted molar refractivity (Wildman–Crippen MR) is 106 cm³/mol. The minimum atomic E-state index is -0.836. The molecule has 4 aliphatic carbocycles. The number of hydrogen-bond donors (Lipinski definition) is 1. The third kappa shape index (κ3) is 2.15. The molecule has 6 heteroatoms. The second-order valence-electron chi connectivity index (χ2n) is 10.9. The summed E-state index contributed by atoms with van der Waals surface area (Å²) in [5.41, 5.74) is 1.15. The first-order valence-corrected chi connectivity index (χ1v) is 11.8. The number of rotatable bonds is 0. The normalized spacial score (nSPS) is 57.9. The highest BCUT2D eigenvalue weighted by Crippen LogP contribution is 2.72. The number of oxime groups is 1. The Kier molecular flexibility index (Phi) is 4.06. The monoisotopic (exact) mass is 405 g/mol. The van der Waals surface area contributed by atoms with Crippen molar-refractivity contribution < 1.29 is 24.2 Å². The average Bonchev–Trinajstić information content (AvgIpc) is 2.99. The molecule has 1 N–H and O–H groups in total. The summed E-state index contributed by atoms with van der Waals surface area (Å²) in [5, 5.41) is 14.0. The van der Waals surface area contributed by atoms with Gasteiger partial charge in [0.05, 0.1) is 32.1 Å². The van der Waals surface area contributed by atoms with Crippen LogP contribution in [0.1, 0.15) is 65.2 Å². The van der Waals surface area contributed by atoms with E-state index >= 15 is 0 Å². The van der Waals surface area contributed by atoms with E-state index in [1.165, 1.54) is 25.7 Å². The van der Waals surface area contributed by atoms with Gasteiger partial charge in [0.15, 0.2) is 0 Å². The molecule has 2 aliphatic heterocycles. The lowest BCUT2D eigenvalue weighted by Gasteiger charge is -2.62. The van der Waals surface area contributed by atoms with Crippen LogP contribution in [-0.2, 0) is 18.9 Å². The van der Waals surface area contributed by atoms with E-state index in [0.29, 0.717) is 43.7 Å². The third-order valence-electron chi connectivity index (χ3n) is 10.1. The van der Waals surface area contributed by atoms with Crippen LogP contribution in [0.3, 0.4) is 0 Å². The van der Waals surface area contributed by atoms with Crippen molar-refractivity contribution in [3.8, 4) is 0 Å². The van der Waals surface area contributed by atoms with Gasteiger partial charge in [-0.1, -0.05) is 31.8 Å². The number of hydrogen-bond acceptors (Lipinski definition) is 6. The maximum Gasteiger partial charge on any atom is 0.229 e. The van der Waals surface area contributed by atoms with Crippen molar-refractivity contribution in [1.82, 2.24) is 0 Å². The summed E-state index contributed by atoms with van der Waals surface area (Å²) < 4.78 is 25.6. The first kappa shape index (κ1) is 19.0. The van der Waals surface area contributed by atoms with E-state index < -0.39 is 11.6 Å². The zero-order valence-corrected chi connectivity index (χ0v) is 17.8. The molecule has 0 aromatic heterocycles. The molecule has 0 bridgehead atoms. The highest BCUT2D eigenvalue weighted by Gasteiger charge is 2.79. The van der Waals surface area contributed by atoms with Crippen LogP contribution in [0.4, 0.5) is 0 Å². The molecule has 6 atom stereocenters. The van der Waals surface area contributed by atoms with Crippen LogP contribution in [0.25, 0.3) is 0 Å². The Labute approximate surface area is 173 Å². The van der Waals surface area contributed by atoms with Gasteiger partial charge in [0.1, 0.15) is 0 Å². The van der Waals surface area contributed by atoms with Crippen LogP contribution in [-0.4, -0.2) is 48.9 Å². The van der Waals surface area contributed by atoms with Crippen LogP contribution in [0.5, 0.6) is 0 Å². The molecule has 0 radical (unpaired) electrons. The quantitative estimate of drug-likeness (QED) is 0.488. The van der Waals surface area contributed by atoms with Gasteiger partial charge in [-0.05, 0) is 55.3 Å². The van der Waals surface area contributed by atoms with Crippen LogP contribution in [0.2, 0.25) is 0 Å². The van der Waals surface area contributed by atoms with Gasteiger partial charge in [-0.15, -0.1) is 0 Å². The van der Waals surface area contributed by atoms with Crippen LogP contribution < -0.4 is 0 Å². The molecule has 2 saturated heterocycles. The molecule has 6 fully saturated rings. The summed E-state index contributed by atoms with van der Waals surface area (Å²) in [6.45, 7) is 7.02. The van der Waals surface area contributed by atoms with Crippen molar-refractivity contribution in [2.45, 2.75) is 76.8 Å². The first-order valence-electron chi connectivity index (χ1n) is 11.8. The molecule has 2 heterocycles. The van der Waals surface area contributed by atoms with Gasteiger partial charge in [-0.3, -0.25) is 0 Å². The van der Waals surface area contributed by atoms with E-state index in [1.807, 2.05) is 0 Å². The number of nitrogens with zero attached hydrogens (tertiary/aromatic N) is 1. The van der Waals surface area contributed by atoms with Crippen molar-refractivity contribution >= 4 is 5.71 Å². The molecule has 0 aromatic carbocycles. The summed E-state index contributed by atoms with van der Waals surface area (Å²) in [6, 6.07) is 0. The second-order valence-corrected chi connectivity index (χ2v) is 10.9. The maximum atomic E-state index is 10.1. The molecule has 4 saturated carbocycles. The molecule has 0 amide bonds. The van der Waals surface area contributed by atoms with Gasteiger partial charge in [-0.25, -0.2) is 0 Å². The fourth-order valence-electron chi connectivity index (χ4n) is 8.80. The highest BCUT2D eigenvalue weighted by molar-refractivity contribution is 5.88. The molecule has 0 spiro atoms. The van der Waals surface area contributed by atoms with Gasteiger partial charge in [0, 0.05) is 17.8 Å². The van der Waals surface area contributed by atoms with Crippen LogP contribution >= 0.6 is 0 Å².